The number of halogens is 2. The molecule has 0 bridgehead atoms. The first-order chi connectivity index (χ1) is 8.49. The van der Waals surface area contributed by atoms with Crippen molar-refractivity contribution in [2.24, 2.45) is 0 Å². The van der Waals surface area contributed by atoms with E-state index in [1.54, 1.807) is 0 Å². The molecule has 0 spiro atoms. The number of hydrogen-bond donors (Lipinski definition) is 1. The molecule has 0 aliphatic carbocycles. The van der Waals surface area contributed by atoms with Crippen molar-refractivity contribution in [2.45, 2.75) is 0 Å². The average molecular weight is 268 g/mol. The molecule has 0 saturated carbocycles. The predicted octanol–water partition coefficient (Wildman–Crippen LogP) is 2.33. The SMILES string of the molecule is O=C(O)c1ccc(=O)n(-c2ccc(Cl)cc2F)c1. The standard InChI is InChI=1S/C12H7ClFNO3/c13-8-2-3-10(9(14)5-8)15-6-7(12(17)18)1-4-11(15)16/h1-6H,(H,17,18). The lowest BCUT2D eigenvalue weighted by atomic mass is 10.2. The molecule has 0 fully saturated rings. The number of hydrogen-bond acceptors (Lipinski definition) is 2. The number of benzene rings is 1. The van der Waals surface area contributed by atoms with Gasteiger partial charge in [0, 0.05) is 17.3 Å². The molecule has 6 heteroatoms. The van der Waals surface area contributed by atoms with Gasteiger partial charge in [0.05, 0.1) is 11.3 Å². The molecule has 1 aromatic carbocycles. The third-order valence-electron chi connectivity index (χ3n) is 2.33. The van der Waals surface area contributed by atoms with Crippen LogP contribution < -0.4 is 5.56 Å². The Hall–Kier alpha value is -2.14. The minimum Gasteiger partial charge on any atom is -0.478 e. The van der Waals surface area contributed by atoms with Crippen LogP contribution in [0, 0.1) is 5.82 Å². The third kappa shape index (κ3) is 2.26. The smallest absolute Gasteiger partial charge is 0.337 e. The van der Waals surface area contributed by atoms with E-state index in [9.17, 15) is 14.0 Å². The van der Waals surface area contributed by atoms with Gasteiger partial charge in [-0.2, -0.15) is 0 Å². The van der Waals surface area contributed by atoms with Crippen LogP contribution in [-0.2, 0) is 0 Å². The topological polar surface area (TPSA) is 59.3 Å². The molecule has 0 unspecified atom stereocenters. The summed E-state index contributed by atoms with van der Waals surface area (Å²) in [6.07, 6.45) is 1.07. The van der Waals surface area contributed by atoms with E-state index in [1.165, 1.54) is 12.1 Å². The van der Waals surface area contributed by atoms with Crippen LogP contribution in [0.4, 0.5) is 4.39 Å². The zero-order valence-electron chi connectivity index (χ0n) is 8.93. The highest BCUT2D eigenvalue weighted by atomic mass is 35.5. The Labute approximate surface area is 106 Å². The number of carboxylic acids is 1. The lowest BCUT2D eigenvalue weighted by molar-refractivity contribution is 0.0696. The van der Waals surface area contributed by atoms with Crippen LogP contribution in [0.25, 0.3) is 5.69 Å². The number of aromatic carboxylic acids is 1. The first-order valence-corrected chi connectivity index (χ1v) is 5.28. The molecule has 0 atom stereocenters. The second kappa shape index (κ2) is 4.62. The highest BCUT2D eigenvalue weighted by Crippen LogP contribution is 2.17. The van der Waals surface area contributed by atoms with Gasteiger partial charge >= 0.3 is 5.97 Å². The second-order valence-electron chi connectivity index (χ2n) is 3.53. The summed E-state index contributed by atoms with van der Waals surface area (Å²) >= 11 is 5.60. The zero-order chi connectivity index (χ0) is 13.3. The maximum atomic E-state index is 13.7. The third-order valence-corrected chi connectivity index (χ3v) is 2.56. The van der Waals surface area contributed by atoms with Gasteiger partial charge in [-0.3, -0.25) is 9.36 Å². The summed E-state index contributed by atoms with van der Waals surface area (Å²) in [5.74, 6) is -1.90. The van der Waals surface area contributed by atoms with Gasteiger partial charge < -0.3 is 5.11 Å². The van der Waals surface area contributed by atoms with Crippen LogP contribution in [0.1, 0.15) is 10.4 Å². The molecule has 92 valence electrons. The first kappa shape index (κ1) is 12.3. The summed E-state index contributed by atoms with van der Waals surface area (Å²) in [7, 11) is 0. The van der Waals surface area contributed by atoms with E-state index in [4.69, 9.17) is 16.7 Å². The molecule has 0 radical (unpaired) electrons. The molecule has 0 saturated heterocycles. The monoisotopic (exact) mass is 267 g/mol. The number of rotatable bonds is 2. The van der Waals surface area contributed by atoms with E-state index in [0.717, 1.165) is 29.0 Å². The Morgan fingerprint density at radius 2 is 2.00 bits per heavy atom. The number of pyridine rings is 1. The van der Waals surface area contributed by atoms with E-state index in [2.05, 4.69) is 0 Å². The van der Waals surface area contributed by atoms with Gasteiger partial charge in [0.2, 0.25) is 0 Å². The number of aromatic nitrogens is 1. The van der Waals surface area contributed by atoms with Crippen molar-refractivity contribution >= 4 is 17.6 Å². The molecule has 0 amide bonds. The van der Waals surface area contributed by atoms with Crippen LogP contribution in [0.15, 0.2) is 41.3 Å². The van der Waals surface area contributed by atoms with Crippen LogP contribution in [0.3, 0.4) is 0 Å². The number of carbonyl (C=O) groups is 1. The Morgan fingerprint density at radius 1 is 1.28 bits per heavy atom. The molecule has 0 aliphatic rings. The van der Waals surface area contributed by atoms with E-state index in [-0.39, 0.29) is 16.3 Å². The Kier molecular flexibility index (Phi) is 3.16. The quantitative estimate of drug-likeness (QED) is 0.908. The lowest BCUT2D eigenvalue weighted by Gasteiger charge is -2.07. The van der Waals surface area contributed by atoms with E-state index >= 15 is 0 Å². The van der Waals surface area contributed by atoms with Gasteiger partial charge in [0.1, 0.15) is 5.82 Å². The Balaban J connectivity index is 2.66. The van der Waals surface area contributed by atoms with Crippen molar-refractivity contribution in [1.82, 2.24) is 4.57 Å². The summed E-state index contributed by atoms with van der Waals surface area (Å²) in [4.78, 5) is 22.4. The lowest BCUT2D eigenvalue weighted by Crippen LogP contribution is -2.19. The van der Waals surface area contributed by atoms with Gasteiger partial charge in [-0.05, 0) is 24.3 Å². The molecule has 18 heavy (non-hydrogen) atoms. The van der Waals surface area contributed by atoms with Crippen LogP contribution >= 0.6 is 11.6 Å². The molecular formula is C12H7ClFNO3. The van der Waals surface area contributed by atoms with Crippen molar-refractivity contribution in [2.75, 3.05) is 0 Å². The molecule has 4 nitrogen and oxygen atoms in total. The molecule has 1 aromatic heterocycles. The van der Waals surface area contributed by atoms with E-state index in [1.807, 2.05) is 0 Å². The van der Waals surface area contributed by atoms with Crippen molar-refractivity contribution in [3.8, 4) is 5.69 Å². The number of carboxylic acid groups (broad SMARTS) is 1. The molecule has 1 heterocycles. The fourth-order valence-corrected chi connectivity index (χ4v) is 1.64. The van der Waals surface area contributed by atoms with Crippen molar-refractivity contribution in [3.63, 3.8) is 0 Å². The maximum absolute atomic E-state index is 13.7. The highest BCUT2D eigenvalue weighted by molar-refractivity contribution is 6.30. The predicted molar refractivity (Wildman–Crippen MR) is 64.0 cm³/mol. The van der Waals surface area contributed by atoms with E-state index in [0.29, 0.717) is 0 Å². The molecule has 1 N–H and O–H groups in total. The summed E-state index contributed by atoms with van der Waals surface area (Å²) in [6.45, 7) is 0. The molecule has 2 aromatic rings. The first-order valence-electron chi connectivity index (χ1n) is 4.90. The highest BCUT2D eigenvalue weighted by Gasteiger charge is 2.10. The van der Waals surface area contributed by atoms with Crippen molar-refractivity contribution < 1.29 is 14.3 Å². The molecular weight excluding hydrogens is 261 g/mol. The van der Waals surface area contributed by atoms with Gasteiger partial charge in [-0.25, -0.2) is 9.18 Å². The fourth-order valence-electron chi connectivity index (χ4n) is 1.48. The van der Waals surface area contributed by atoms with E-state index < -0.39 is 17.3 Å². The summed E-state index contributed by atoms with van der Waals surface area (Å²) in [5.41, 5.74) is -0.683. The summed E-state index contributed by atoms with van der Waals surface area (Å²) in [6, 6.07) is 6.01. The average Bonchev–Trinajstić information content (AvgIpc) is 2.30. The fraction of sp³-hybridized carbons (Fsp3) is 0. The minimum absolute atomic E-state index is 0.0486. The van der Waals surface area contributed by atoms with Crippen molar-refractivity contribution in [3.05, 3.63) is 63.3 Å². The van der Waals surface area contributed by atoms with Gasteiger partial charge in [0.15, 0.2) is 0 Å². The second-order valence-corrected chi connectivity index (χ2v) is 3.96. The Morgan fingerprint density at radius 3 is 2.61 bits per heavy atom. The minimum atomic E-state index is -1.20. The zero-order valence-corrected chi connectivity index (χ0v) is 9.69. The van der Waals surface area contributed by atoms with Gasteiger partial charge in [0.25, 0.3) is 5.56 Å². The normalized spacial score (nSPS) is 10.3. The largest absolute Gasteiger partial charge is 0.478 e. The molecule has 2 rings (SSSR count). The summed E-state index contributed by atoms with van der Waals surface area (Å²) in [5, 5.41) is 9.02. The van der Waals surface area contributed by atoms with Crippen LogP contribution in [0.2, 0.25) is 5.02 Å². The van der Waals surface area contributed by atoms with Gasteiger partial charge in [-0.1, -0.05) is 11.6 Å². The Bertz CT molecular complexity index is 681. The summed E-state index contributed by atoms with van der Waals surface area (Å²) < 4.78 is 14.6. The van der Waals surface area contributed by atoms with Crippen LogP contribution in [-0.4, -0.2) is 15.6 Å². The van der Waals surface area contributed by atoms with Crippen molar-refractivity contribution in [1.29, 1.82) is 0 Å². The maximum Gasteiger partial charge on any atom is 0.337 e. The number of nitrogens with zero attached hydrogens (tertiary/aromatic N) is 1. The van der Waals surface area contributed by atoms with Crippen LogP contribution in [0.5, 0.6) is 0 Å². The van der Waals surface area contributed by atoms with Gasteiger partial charge in [-0.15, -0.1) is 0 Å². The molecule has 0 aliphatic heterocycles.